The van der Waals surface area contributed by atoms with Gasteiger partial charge in [-0.25, -0.2) is 0 Å². The molecular formula is C11H17N3O. The Morgan fingerprint density at radius 3 is 2.93 bits per heavy atom. The molecule has 1 amide bonds. The number of nitrogens with one attached hydrogen (secondary N) is 1. The molecule has 0 unspecified atom stereocenters. The van der Waals surface area contributed by atoms with Gasteiger partial charge in [0.25, 0.3) is 0 Å². The second kappa shape index (κ2) is 4.04. The first kappa shape index (κ1) is 10.2. The van der Waals surface area contributed by atoms with E-state index in [4.69, 9.17) is 0 Å². The summed E-state index contributed by atoms with van der Waals surface area (Å²) in [5, 5.41) is 7.28. The number of carbonyl (C=O) groups is 1. The highest BCUT2D eigenvalue weighted by Gasteiger charge is 2.29. The summed E-state index contributed by atoms with van der Waals surface area (Å²) in [5.41, 5.74) is 2.12. The van der Waals surface area contributed by atoms with Crippen LogP contribution in [0.3, 0.4) is 0 Å². The molecule has 0 radical (unpaired) electrons. The number of rotatable bonds is 4. The molecule has 4 heteroatoms. The van der Waals surface area contributed by atoms with Crippen molar-refractivity contribution in [2.75, 3.05) is 0 Å². The van der Waals surface area contributed by atoms with Crippen molar-refractivity contribution in [2.24, 2.45) is 5.92 Å². The Morgan fingerprint density at radius 1 is 1.67 bits per heavy atom. The summed E-state index contributed by atoms with van der Waals surface area (Å²) >= 11 is 0. The lowest BCUT2D eigenvalue weighted by Crippen LogP contribution is -2.24. The fraction of sp³-hybridized carbons (Fsp3) is 0.636. The molecule has 82 valence electrons. The zero-order valence-corrected chi connectivity index (χ0v) is 9.29. The standard InChI is InChI=1S/C11H17N3O/c1-3-14-7-10(8(2)13-14)6-12-11(15)9-4-5-9/h7,9H,3-6H2,1-2H3,(H,12,15). The third-order valence-corrected chi connectivity index (χ3v) is 2.77. The van der Waals surface area contributed by atoms with Gasteiger partial charge in [-0.1, -0.05) is 0 Å². The van der Waals surface area contributed by atoms with E-state index in [1.807, 2.05) is 17.8 Å². The molecule has 2 rings (SSSR count). The zero-order chi connectivity index (χ0) is 10.8. The highest BCUT2D eigenvalue weighted by molar-refractivity contribution is 5.80. The molecule has 0 spiro atoms. The summed E-state index contributed by atoms with van der Waals surface area (Å²) in [4.78, 5) is 11.4. The van der Waals surface area contributed by atoms with Crippen molar-refractivity contribution in [1.29, 1.82) is 0 Å². The monoisotopic (exact) mass is 207 g/mol. The van der Waals surface area contributed by atoms with Crippen molar-refractivity contribution in [2.45, 2.75) is 39.8 Å². The average molecular weight is 207 g/mol. The first-order valence-corrected chi connectivity index (χ1v) is 5.51. The number of carbonyl (C=O) groups excluding carboxylic acids is 1. The highest BCUT2D eigenvalue weighted by Crippen LogP contribution is 2.28. The second-order valence-corrected chi connectivity index (χ2v) is 4.09. The molecular weight excluding hydrogens is 190 g/mol. The van der Waals surface area contributed by atoms with Crippen LogP contribution in [0.2, 0.25) is 0 Å². The first-order chi connectivity index (χ1) is 7.20. The molecule has 1 aliphatic carbocycles. The van der Waals surface area contributed by atoms with Crippen molar-refractivity contribution in [1.82, 2.24) is 15.1 Å². The maximum Gasteiger partial charge on any atom is 0.223 e. The van der Waals surface area contributed by atoms with Crippen LogP contribution in [0.15, 0.2) is 6.20 Å². The van der Waals surface area contributed by atoms with E-state index in [2.05, 4.69) is 17.3 Å². The average Bonchev–Trinajstić information content (AvgIpc) is 3.00. The van der Waals surface area contributed by atoms with E-state index < -0.39 is 0 Å². The molecule has 1 saturated carbocycles. The van der Waals surface area contributed by atoms with Gasteiger partial charge in [-0.05, 0) is 26.7 Å². The molecule has 1 fully saturated rings. The van der Waals surface area contributed by atoms with Crippen LogP contribution in [0.5, 0.6) is 0 Å². The summed E-state index contributed by atoms with van der Waals surface area (Å²) in [6.45, 7) is 5.52. The zero-order valence-electron chi connectivity index (χ0n) is 9.29. The molecule has 0 atom stereocenters. The van der Waals surface area contributed by atoms with Gasteiger partial charge >= 0.3 is 0 Å². The van der Waals surface area contributed by atoms with Gasteiger partial charge < -0.3 is 5.32 Å². The van der Waals surface area contributed by atoms with Crippen LogP contribution in [-0.4, -0.2) is 15.7 Å². The lowest BCUT2D eigenvalue weighted by molar-refractivity contribution is -0.122. The minimum Gasteiger partial charge on any atom is -0.352 e. The van der Waals surface area contributed by atoms with Gasteiger partial charge in [-0.3, -0.25) is 9.48 Å². The molecule has 1 aromatic heterocycles. The number of hydrogen-bond acceptors (Lipinski definition) is 2. The van der Waals surface area contributed by atoms with Crippen LogP contribution in [0, 0.1) is 12.8 Å². The van der Waals surface area contributed by atoms with Crippen LogP contribution in [-0.2, 0) is 17.9 Å². The second-order valence-electron chi connectivity index (χ2n) is 4.09. The largest absolute Gasteiger partial charge is 0.352 e. The minimum absolute atomic E-state index is 0.193. The quantitative estimate of drug-likeness (QED) is 0.807. The van der Waals surface area contributed by atoms with Gasteiger partial charge in [0.1, 0.15) is 0 Å². The summed E-state index contributed by atoms with van der Waals surface area (Å²) in [7, 11) is 0. The number of amides is 1. The van der Waals surface area contributed by atoms with E-state index >= 15 is 0 Å². The number of aryl methyl sites for hydroxylation is 2. The molecule has 4 nitrogen and oxygen atoms in total. The van der Waals surface area contributed by atoms with Crippen molar-refractivity contribution < 1.29 is 4.79 Å². The van der Waals surface area contributed by atoms with Gasteiger partial charge in [-0.15, -0.1) is 0 Å². The molecule has 15 heavy (non-hydrogen) atoms. The van der Waals surface area contributed by atoms with E-state index in [0.29, 0.717) is 6.54 Å². The Bertz CT molecular complexity index is 366. The summed E-state index contributed by atoms with van der Waals surface area (Å²) < 4.78 is 1.90. The van der Waals surface area contributed by atoms with Crippen LogP contribution < -0.4 is 5.32 Å². The van der Waals surface area contributed by atoms with Crippen molar-refractivity contribution in [3.05, 3.63) is 17.5 Å². The van der Waals surface area contributed by atoms with Gasteiger partial charge in [0.15, 0.2) is 0 Å². The van der Waals surface area contributed by atoms with Crippen LogP contribution in [0.4, 0.5) is 0 Å². The van der Waals surface area contributed by atoms with E-state index in [1.54, 1.807) is 0 Å². The third kappa shape index (κ3) is 2.37. The van der Waals surface area contributed by atoms with E-state index in [-0.39, 0.29) is 11.8 Å². The predicted molar refractivity (Wildman–Crippen MR) is 57.2 cm³/mol. The Kier molecular flexibility index (Phi) is 2.75. The lowest BCUT2D eigenvalue weighted by atomic mass is 10.2. The topological polar surface area (TPSA) is 46.9 Å². The normalized spacial score (nSPS) is 15.3. The minimum atomic E-state index is 0.193. The highest BCUT2D eigenvalue weighted by atomic mass is 16.2. The van der Waals surface area contributed by atoms with Gasteiger partial charge in [-0.2, -0.15) is 5.10 Å². The smallest absolute Gasteiger partial charge is 0.223 e. The van der Waals surface area contributed by atoms with Crippen molar-refractivity contribution >= 4 is 5.91 Å². The molecule has 1 heterocycles. The van der Waals surface area contributed by atoms with Gasteiger partial charge in [0.2, 0.25) is 5.91 Å². The Labute approximate surface area is 89.7 Å². The first-order valence-electron chi connectivity index (χ1n) is 5.51. The molecule has 0 bridgehead atoms. The lowest BCUT2D eigenvalue weighted by Gasteiger charge is -2.01. The number of nitrogens with zero attached hydrogens (tertiary/aromatic N) is 2. The van der Waals surface area contributed by atoms with Crippen molar-refractivity contribution in [3.63, 3.8) is 0 Å². The predicted octanol–water partition coefficient (Wildman–Crippen LogP) is 1.24. The maximum absolute atomic E-state index is 11.4. The fourth-order valence-electron chi connectivity index (χ4n) is 1.57. The van der Waals surface area contributed by atoms with Crippen LogP contribution in [0.25, 0.3) is 0 Å². The van der Waals surface area contributed by atoms with Gasteiger partial charge in [0, 0.05) is 30.8 Å². The Morgan fingerprint density at radius 2 is 2.40 bits per heavy atom. The third-order valence-electron chi connectivity index (χ3n) is 2.77. The van der Waals surface area contributed by atoms with Crippen LogP contribution in [0.1, 0.15) is 31.0 Å². The number of aromatic nitrogens is 2. The molecule has 1 aromatic rings. The van der Waals surface area contributed by atoms with E-state index in [9.17, 15) is 4.79 Å². The molecule has 1 N–H and O–H groups in total. The fourth-order valence-corrected chi connectivity index (χ4v) is 1.57. The molecule has 1 aliphatic rings. The summed E-state index contributed by atoms with van der Waals surface area (Å²) in [5.74, 6) is 0.477. The van der Waals surface area contributed by atoms with E-state index in [0.717, 1.165) is 30.6 Å². The van der Waals surface area contributed by atoms with E-state index in [1.165, 1.54) is 0 Å². The number of hydrogen-bond donors (Lipinski definition) is 1. The molecule has 0 aliphatic heterocycles. The van der Waals surface area contributed by atoms with Crippen LogP contribution >= 0.6 is 0 Å². The SMILES string of the molecule is CCn1cc(CNC(=O)C2CC2)c(C)n1. The Balaban J connectivity index is 1.91. The summed E-state index contributed by atoms with van der Waals surface area (Å²) in [6, 6.07) is 0. The molecule has 0 aromatic carbocycles. The summed E-state index contributed by atoms with van der Waals surface area (Å²) in [6.07, 6.45) is 4.11. The van der Waals surface area contributed by atoms with Crippen molar-refractivity contribution in [3.8, 4) is 0 Å². The Hall–Kier alpha value is -1.32. The molecule has 0 saturated heterocycles. The maximum atomic E-state index is 11.4. The van der Waals surface area contributed by atoms with Gasteiger partial charge in [0.05, 0.1) is 5.69 Å².